The van der Waals surface area contributed by atoms with Crippen LogP contribution in [0, 0.1) is 5.92 Å². The third kappa shape index (κ3) is 2.49. The molecule has 0 N–H and O–H groups in total. The van der Waals surface area contributed by atoms with Crippen molar-refractivity contribution in [1.29, 1.82) is 0 Å². The van der Waals surface area contributed by atoms with Crippen LogP contribution in [0.1, 0.15) is 26.3 Å². The molecule has 2 atom stereocenters. The Morgan fingerprint density at radius 1 is 1.14 bits per heavy atom. The SMILES string of the molecule is CC1=NOC(C)(c2ccc(Oc3cccnc3)cc2)C1C. The number of hydrogen-bond donors (Lipinski definition) is 0. The molecule has 0 fully saturated rings. The van der Waals surface area contributed by atoms with Crippen LogP contribution in [-0.4, -0.2) is 10.7 Å². The lowest BCUT2D eigenvalue weighted by atomic mass is 9.82. The van der Waals surface area contributed by atoms with E-state index in [0.717, 1.165) is 22.8 Å². The smallest absolute Gasteiger partial charge is 0.167 e. The van der Waals surface area contributed by atoms with Gasteiger partial charge in [0.05, 0.1) is 11.9 Å². The second kappa shape index (κ2) is 5.20. The standard InChI is InChI=1S/C17H18N2O2/c1-12-13(2)19-21-17(12,3)14-6-8-15(9-7-14)20-16-5-4-10-18-11-16/h4-12H,1-3H3. The molecule has 4 nitrogen and oxygen atoms in total. The topological polar surface area (TPSA) is 43.7 Å². The molecule has 0 spiro atoms. The first kappa shape index (κ1) is 13.6. The molecule has 108 valence electrons. The molecule has 0 saturated heterocycles. The minimum atomic E-state index is -0.406. The Kier molecular flexibility index (Phi) is 3.37. The van der Waals surface area contributed by atoms with Gasteiger partial charge in [-0.25, -0.2) is 0 Å². The summed E-state index contributed by atoms with van der Waals surface area (Å²) in [6, 6.07) is 11.7. The fourth-order valence-corrected chi connectivity index (χ4v) is 2.42. The number of hydrogen-bond acceptors (Lipinski definition) is 4. The lowest BCUT2D eigenvalue weighted by Crippen LogP contribution is -2.30. The number of benzene rings is 1. The van der Waals surface area contributed by atoms with Crippen LogP contribution in [0.5, 0.6) is 11.5 Å². The third-order valence-corrected chi connectivity index (χ3v) is 4.13. The highest BCUT2D eigenvalue weighted by molar-refractivity contribution is 5.86. The predicted octanol–water partition coefficient (Wildman–Crippen LogP) is 4.13. The fraction of sp³-hybridized carbons (Fsp3) is 0.294. The Bertz CT molecular complexity index is 652. The highest BCUT2D eigenvalue weighted by Crippen LogP contribution is 2.39. The van der Waals surface area contributed by atoms with Crippen LogP contribution < -0.4 is 4.74 Å². The summed E-state index contributed by atoms with van der Waals surface area (Å²) in [5, 5.41) is 4.11. The van der Waals surface area contributed by atoms with E-state index in [-0.39, 0.29) is 5.92 Å². The van der Waals surface area contributed by atoms with Gasteiger partial charge in [0, 0.05) is 12.1 Å². The van der Waals surface area contributed by atoms with Gasteiger partial charge in [0.1, 0.15) is 11.5 Å². The first-order valence-corrected chi connectivity index (χ1v) is 7.01. The molecule has 1 aliphatic heterocycles. The van der Waals surface area contributed by atoms with E-state index < -0.39 is 5.60 Å². The Morgan fingerprint density at radius 3 is 2.48 bits per heavy atom. The molecule has 0 amide bonds. The van der Waals surface area contributed by atoms with E-state index in [4.69, 9.17) is 9.57 Å². The molecule has 0 saturated carbocycles. The lowest BCUT2D eigenvalue weighted by molar-refractivity contribution is -0.0308. The quantitative estimate of drug-likeness (QED) is 0.850. The first-order valence-electron chi connectivity index (χ1n) is 7.01. The zero-order valence-electron chi connectivity index (χ0n) is 12.4. The van der Waals surface area contributed by atoms with E-state index in [2.05, 4.69) is 24.0 Å². The number of aromatic nitrogens is 1. The van der Waals surface area contributed by atoms with Gasteiger partial charge in [-0.2, -0.15) is 0 Å². The summed E-state index contributed by atoms with van der Waals surface area (Å²) in [5.41, 5.74) is 1.71. The summed E-state index contributed by atoms with van der Waals surface area (Å²) in [7, 11) is 0. The average molecular weight is 282 g/mol. The molecule has 4 heteroatoms. The van der Waals surface area contributed by atoms with Crippen molar-refractivity contribution >= 4 is 5.71 Å². The summed E-state index contributed by atoms with van der Waals surface area (Å²) >= 11 is 0. The number of ether oxygens (including phenoxy) is 1. The van der Waals surface area contributed by atoms with Crippen LogP contribution in [0.2, 0.25) is 0 Å². The minimum Gasteiger partial charge on any atom is -0.456 e. The van der Waals surface area contributed by atoms with E-state index in [1.54, 1.807) is 12.4 Å². The van der Waals surface area contributed by atoms with E-state index in [1.165, 1.54) is 0 Å². The Balaban J connectivity index is 1.79. The van der Waals surface area contributed by atoms with Crippen molar-refractivity contribution in [1.82, 2.24) is 4.98 Å². The van der Waals surface area contributed by atoms with E-state index in [1.807, 2.05) is 43.3 Å². The van der Waals surface area contributed by atoms with Crippen molar-refractivity contribution in [3.8, 4) is 11.5 Å². The number of rotatable bonds is 3. The van der Waals surface area contributed by atoms with Crippen molar-refractivity contribution in [2.75, 3.05) is 0 Å². The molecule has 2 aromatic rings. The monoisotopic (exact) mass is 282 g/mol. The minimum absolute atomic E-state index is 0.252. The van der Waals surface area contributed by atoms with E-state index >= 15 is 0 Å². The largest absolute Gasteiger partial charge is 0.456 e. The van der Waals surface area contributed by atoms with Gasteiger partial charge in [0.15, 0.2) is 5.60 Å². The van der Waals surface area contributed by atoms with Crippen LogP contribution in [0.4, 0.5) is 0 Å². The Labute approximate surface area is 124 Å². The molecular formula is C17H18N2O2. The lowest BCUT2D eigenvalue weighted by Gasteiger charge is -2.27. The van der Waals surface area contributed by atoms with Crippen molar-refractivity contribution in [3.05, 3.63) is 54.4 Å². The molecule has 1 aliphatic rings. The maximum absolute atomic E-state index is 5.74. The van der Waals surface area contributed by atoms with Gasteiger partial charge in [0.25, 0.3) is 0 Å². The molecule has 3 rings (SSSR count). The summed E-state index contributed by atoms with van der Waals surface area (Å²) in [6.07, 6.45) is 3.41. The van der Waals surface area contributed by atoms with Gasteiger partial charge >= 0.3 is 0 Å². The highest BCUT2D eigenvalue weighted by atomic mass is 16.7. The second-order valence-electron chi connectivity index (χ2n) is 5.47. The van der Waals surface area contributed by atoms with Crippen LogP contribution in [0.15, 0.2) is 53.9 Å². The number of nitrogens with zero attached hydrogens (tertiary/aromatic N) is 2. The van der Waals surface area contributed by atoms with Crippen molar-refractivity contribution in [2.24, 2.45) is 11.1 Å². The van der Waals surface area contributed by atoms with Gasteiger partial charge in [0.2, 0.25) is 0 Å². The molecule has 0 bridgehead atoms. The van der Waals surface area contributed by atoms with Crippen LogP contribution >= 0.6 is 0 Å². The second-order valence-corrected chi connectivity index (χ2v) is 5.47. The molecule has 1 aromatic carbocycles. The van der Waals surface area contributed by atoms with E-state index in [9.17, 15) is 0 Å². The van der Waals surface area contributed by atoms with E-state index in [0.29, 0.717) is 0 Å². The predicted molar refractivity (Wildman–Crippen MR) is 81.5 cm³/mol. The highest BCUT2D eigenvalue weighted by Gasteiger charge is 2.41. The van der Waals surface area contributed by atoms with Gasteiger partial charge < -0.3 is 9.57 Å². The summed E-state index contributed by atoms with van der Waals surface area (Å²) in [5.74, 6) is 1.75. The zero-order chi connectivity index (χ0) is 14.9. The van der Waals surface area contributed by atoms with Gasteiger partial charge in [-0.05, 0) is 43.7 Å². The molecular weight excluding hydrogens is 264 g/mol. The van der Waals surface area contributed by atoms with Gasteiger partial charge in [-0.1, -0.05) is 24.2 Å². The Morgan fingerprint density at radius 2 is 1.90 bits per heavy atom. The average Bonchev–Trinajstić information content (AvgIpc) is 2.78. The normalized spacial score (nSPS) is 24.3. The van der Waals surface area contributed by atoms with Gasteiger partial charge in [-0.3, -0.25) is 4.98 Å². The first-order chi connectivity index (χ1) is 10.1. The van der Waals surface area contributed by atoms with Gasteiger partial charge in [-0.15, -0.1) is 0 Å². The molecule has 0 radical (unpaired) electrons. The van der Waals surface area contributed by atoms with Crippen LogP contribution in [0.3, 0.4) is 0 Å². The third-order valence-electron chi connectivity index (χ3n) is 4.13. The van der Waals surface area contributed by atoms with Crippen molar-refractivity contribution < 1.29 is 9.57 Å². The maximum atomic E-state index is 5.74. The van der Waals surface area contributed by atoms with Crippen molar-refractivity contribution in [2.45, 2.75) is 26.4 Å². The molecule has 0 aliphatic carbocycles. The molecule has 2 unspecified atom stereocenters. The van der Waals surface area contributed by atoms with Crippen LogP contribution in [0.25, 0.3) is 0 Å². The van der Waals surface area contributed by atoms with Crippen molar-refractivity contribution in [3.63, 3.8) is 0 Å². The maximum Gasteiger partial charge on any atom is 0.167 e. The summed E-state index contributed by atoms with van der Waals surface area (Å²) in [6.45, 7) is 6.19. The zero-order valence-corrected chi connectivity index (χ0v) is 12.4. The molecule has 2 heterocycles. The number of oxime groups is 1. The molecule has 21 heavy (non-hydrogen) atoms. The summed E-state index contributed by atoms with van der Waals surface area (Å²) < 4.78 is 5.74. The molecule has 1 aromatic heterocycles. The number of pyridine rings is 1. The fourth-order valence-electron chi connectivity index (χ4n) is 2.42. The Hall–Kier alpha value is -2.36. The summed E-state index contributed by atoms with van der Waals surface area (Å²) in [4.78, 5) is 9.68. The van der Waals surface area contributed by atoms with Crippen LogP contribution in [-0.2, 0) is 10.4 Å².